The van der Waals surface area contributed by atoms with E-state index in [1.807, 2.05) is 12.3 Å². The lowest BCUT2D eigenvalue weighted by molar-refractivity contribution is 0.0526. The van der Waals surface area contributed by atoms with Gasteiger partial charge in [0, 0.05) is 11.1 Å². The van der Waals surface area contributed by atoms with Gasteiger partial charge in [0.05, 0.1) is 24.8 Å². The van der Waals surface area contributed by atoms with Crippen molar-refractivity contribution < 1.29 is 14.3 Å². The van der Waals surface area contributed by atoms with E-state index in [4.69, 9.17) is 9.47 Å². The maximum absolute atomic E-state index is 11.8. The van der Waals surface area contributed by atoms with Crippen molar-refractivity contribution in [2.75, 3.05) is 13.7 Å². The summed E-state index contributed by atoms with van der Waals surface area (Å²) in [5.74, 6) is 0.363. The molecule has 0 aliphatic heterocycles. The van der Waals surface area contributed by atoms with Crippen molar-refractivity contribution in [3.63, 3.8) is 0 Å². The number of thiazole rings is 1. The van der Waals surface area contributed by atoms with Gasteiger partial charge < -0.3 is 9.47 Å². The number of carbonyl (C=O) groups excluding carboxylic acids is 1. The first-order valence-corrected chi connectivity index (χ1v) is 6.81. The molecule has 5 heteroatoms. The fourth-order valence-corrected chi connectivity index (χ4v) is 2.51. The Morgan fingerprint density at radius 3 is 2.79 bits per heavy atom. The predicted octanol–water partition coefficient (Wildman–Crippen LogP) is 3.30. The Hall–Kier alpha value is -1.88. The lowest BCUT2D eigenvalue weighted by atomic mass is 10.1. The van der Waals surface area contributed by atoms with Crippen molar-refractivity contribution >= 4 is 17.3 Å². The second-order valence-corrected chi connectivity index (χ2v) is 4.79. The van der Waals surface area contributed by atoms with E-state index in [0.717, 1.165) is 16.3 Å². The van der Waals surface area contributed by atoms with Crippen LogP contribution in [0.4, 0.5) is 0 Å². The molecule has 0 spiro atoms. The van der Waals surface area contributed by atoms with Crippen molar-refractivity contribution in [3.05, 3.63) is 34.8 Å². The first-order valence-electron chi connectivity index (χ1n) is 5.93. The van der Waals surface area contributed by atoms with Gasteiger partial charge in [-0.2, -0.15) is 0 Å². The van der Waals surface area contributed by atoms with Crippen LogP contribution in [0.3, 0.4) is 0 Å². The Balaban J connectivity index is 2.45. The summed E-state index contributed by atoms with van der Waals surface area (Å²) in [6.45, 7) is 4.07. The van der Waals surface area contributed by atoms with E-state index in [1.54, 1.807) is 32.2 Å². The summed E-state index contributed by atoms with van der Waals surface area (Å²) in [6, 6.07) is 5.22. The minimum Gasteiger partial charge on any atom is -0.496 e. The minimum absolute atomic E-state index is 0.334. The highest BCUT2D eigenvalue weighted by molar-refractivity contribution is 7.13. The Labute approximate surface area is 116 Å². The molecule has 0 saturated heterocycles. The molecular formula is C14H15NO3S. The number of hydrogen-bond donors (Lipinski definition) is 0. The molecule has 0 N–H and O–H groups in total. The quantitative estimate of drug-likeness (QED) is 0.804. The summed E-state index contributed by atoms with van der Waals surface area (Å²) in [5, 5.41) is 2.80. The maximum Gasteiger partial charge on any atom is 0.338 e. The smallest absolute Gasteiger partial charge is 0.338 e. The SMILES string of the molecule is CCOC(=O)c1ccc(OC)c(-c2nc(C)cs2)c1. The number of nitrogens with zero attached hydrogens (tertiary/aromatic N) is 1. The number of aromatic nitrogens is 1. The lowest BCUT2D eigenvalue weighted by Gasteiger charge is -2.08. The molecule has 1 aromatic heterocycles. The average Bonchev–Trinajstić information content (AvgIpc) is 2.85. The maximum atomic E-state index is 11.8. The molecule has 19 heavy (non-hydrogen) atoms. The molecule has 0 amide bonds. The molecule has 0 atom stereocenters. The van der Waals surface area contributed by atoms with Crippen LogP contribution in [0.25, 0.3) is 10.6 Å². The molecule has 100 valence electrons. The third kappa shape index (κ3) is 2.93. The second kappa shape index (κ2) is 5.84. The molecule has 0 bridgehead atoms. The highest BCUT2D eigenvalue weighted by Gasteiger charge is 2.14. The summed E-state index contributed by atoms with van der Waals surface area (Å²) >= 11 is 1.52. The third-order valence-corrected chi connectivity index (χ3v) is 3.55. The van der Waals surface area contributed by atoms with Gasteiger partial charge in [0.25, 0.3) is 0 Å². The van der Waals surface area contributed by atoms with Gasteiger partial charge in [0.2, 0.25) is 0 Å². The lowest BCUT2D eigenvalue weighted by Crippen LogP contribution is -2.05. The van der Waals surface area contributed by atoms with E-state index < -0.39 is 0 Å². The van der Waals surface area contributed by atoms with Gasteiger partial charge in [0.15, 0.2) is 0 Å². The van der Waals surface area contributed by atoms with E-state index in [9.17, 15) is 4.79 Å². The van der Waals surface area contributed by atoms with Crippen molar-refractivity contribution in [1.29, 1.82) is 0 Å². The number of esters is 1. The molecule has 2 aromatic rings. The number of hydrogen-bond acceptors (Lipinski definition) is 5. The predicted molar refractivity (Wildman–Crippen MR) is 74.8 cm³/mol. The molecule has 0 fully saturated rings. The van der Waals surface area contributed by atoms with Crippen molar-refractivity contribution in [1.82, 2.24) is 4.98 Å². The molecule has 0 aliphatic rings. The summed E-state index contributed by atoms with van der Waals surface area (Å²) in [4.78, 5) is 16.2. The van der Waals surface area contributed by atoms with E-state index in [-0.39, 0.29) is 5.97 Å². The number of carbonyl (C=O) groups is 1. The normalized spacial score (nSPS) is 10.3. The summed E-state index contributed by atoms with van der Waals surface area (Å²) in [6.07, 6.45) is 0. The molecule has 2 rings (SSSR count). The topological polar surface area (TPSA) is 48.4 Å². The second-order valence-electron chi connectivity index (χ2n) is 3.93. The average molecular weight is 277 g/mol. The van der Waals surface area contributed by atoms with Crippen molar-refractivity contribution in [3.8, 4) is 16.3 Å². The zero-order chi connectivity index (χ0) is 13.8. The van der Waals surface area contributed by atoms with Crippen molar-refractivity contribution in [2.24, 2.45) is 0 Å². The van der Waals surface area contributed by atoms with Crippen LogP contribution in [0.1, 0.15) is 23.0 Å². The van der Waals surface area contributed by atoms with E-state index >= 15 is 0 Å². The Morgan fingerprint density at radius 2 is 2.21 bits per heavy atom. The number of rotatable bonds is 4. The fourth-order valence-electron chi connectivity index (χ4n) is 1.69. The zero-order valence-corrected chi connectivity index (χ0v) is 11.9. The molecule has 0 saturated carbocycles. The van der Waals surface area contributed by atoms with Gasteiger partial charge in [-0.25, -0.2) is 9.78 Å². The first kappa shape index (κ1) is 13.5. The van der Waals surface area contributed by atoms with Crippen LogP contribution >= 0.6 is 11.3 Å². The van der Waals surface area contributed by atoms with Crippen LogP contribution in [-0.4, -0.2) is 24.7 Å². The van der Waals surface area contributed by atoms with Crippen LogP contribution in [-0.2, 0) is 4.74 Å². The summed E-state index contributed by atoms with van der Waals surface area (Å²) in [5.41, 5.74) is 2.26. The zero-order valence-electron chi connectivity index (χ0n) is 11.1. The molecule has 0 radical (unpaired) electrons. The van der Waals surface area contributed by atoms with Crippen LogP contribution in [0, 0.1) is 6.92 Å². The molecule has 0 unspecified atom stereocenters. The summed E-state index contributed by atoms with van der Waals surface area (Å²) < 4.78 is 10.3. The van der Waals surface area contributed by atoms with E-state index in [2.05, 4.69) is 4.98 Å². The van der Waals surface area contributed by atoms with Gasteiger partial charge in [-0.05, 0) is 32.0 Å². The minimum atomic E-state index is -0.334. The van der Waals surface area contributed by atoms with Gasteiger partial charge in [-0.1, -0.05) is 0 Å². The van der Waals surface area contributed by atoms with Gasteiger partial charge in [-0.3, -0.25) is 0 Å². The molecule has 4 nitrogen and oxygen atoms in total. The molecule has 1 heterocycles. The third-order valence-electron chi connectivity index (χ3n) is 2.56. The Kier molecular flexibility index (Phi) is 4.16. The highest BCUT2D eigenvalue weighted by Crippen LogP contribution is 2.33. The standard InChI is InChI=1S/C14H15NO3S/c1-4-18-14(16)10-5-6-12(17-3)11(7-10)13-15-9(2)8-19-13/h5-8H,4H2,1-3H3. The Morgan fingerprint density at radius 1 is 1.42 bits per heavy atom. The fraction of sp³-hybridized carbons (Fsp3) is 0.286. The van der Waals surface area contributed by atoms with E-state index in [1.165, 1.54) is 11.3 Å². The summed E-state index contributed by atoms with van der Waals surface area (Å²) in [7, 11) is 1.60. The highest BCUT2D eigenvalue weighted by atomic mass is 32.1. The van der Waals surface area contributed by atoms with Gasteiger partial charge in [-0.15, -0.1) is 11.3 Å². The van der Waals surface area contributed by atoms with Crippen LogP contribution in [0.5, 0.6) is 5.75 Å². The van der Waals surface area contributed by atoms with Crippen LogP contribution < -0.4 is 4.74 Å². The largest absolute Gasteiger partial charge is 0.496 e. The van der Waals surface area contributed by atoms with Crippen molar-refractivity contribution in [2.45, 2.75) is 13.8 Å². The number of aryl methyl sites for hydroxylation is 1. The monoisotopic (exact) mass is 277 g/mol. The first-order chi connectivity index (χ1) is 9.15. The van der Waals surface area contributed by atoms with E-state index in [0.29, 0.717) is 17.9 Å². The molecule has 1 aromatic carbocycles. The number of benzene rings is 1. The van der Waals surface area contributed by atoms with Gasteiger partial charge >= 0.3 is 5.97 Å². The number of methoxy groups -OCH3 is 1. The number of ether oxygens (including phenoxy) is 2. The van der Waals surface area contributed by atoms with Gasteiger partial charge in [0.1, 0.15) is 10.8 Å². The molecular weight excluding hydrogens is 262 g/mol. The van der Waals surface area contributed by atoms with Crippen LogP contribution in [0.15, 0.2) is 23.6 Å². The Bertz CT molecular complexity index is 592. The molecule has 0 aliphatic carbocycles. The van der Waals surface area contributed by atoms with Crippen LogP contribution in [0.2, 0.25) is 0 Å².